The number of halogens is 2. The van der Waals surface area contributed by atoms with Crippen molar-refractivity contribution in [2.45, 2.75) is 33.9 Å². The molecular formula is C33H39Cl2N4OPRu. The van der Waals surface area contributed by atoms with Gasteiger partial charge in [-0.05, 0) is 80.3 Å². The van der Waals surface area contributed by atoms with Crippen molar-refractivity contribution in [2.24, 2.45) is 11.3 Å². The Hall–Kier alpha value is -1.55. The monoisotopic (exact) mass is 710 g/mol. The fourth-order valence-electron chi connectivity index (χ4n) is 4.61. The van der Waals surface area contributed by atoms with Crippen LogP contribution in [0.3, 0.4) is 0 Å². The van der Waals surface area contributed by atoms with E-state index in [2.05, 4.69) is 117 Å². The van der Waals surface area contributed by atoms with Gasteiger partial charge in [-0.2, -0.15) is 10.2 Å². The molecule has 0 aliphatic heterocycles. The Balaban J connectivity index is 0.000000311. The van der Waals surface area contributed by atoms with E-state index in [-0.39, 0.29) is 21.8 Å². The number of nitrogens with zero attached hydrogens (tertiary/aromatic N) is 4. The van der Waals surface area contributed by atoms with Crippen molar-refractivity contribution in [3.63, 3.8) is 0 Å². The molecule has 1 aliphatic carbocycles. The summed E-state index contributed by atoms with van der Waals surface area (Å²) in [6, 6.07) is 25.1. The molecule has 2 heterocycles. The van der Waals surface area contributed by atoms with Crippen LogP contribution in [0.4, 0.5) is 0 Å². The van der Waals surface area contributed by atoms with Crippen LogP contribution >= 0.6 is 27.3 Å². The van der Waals surface area contributed by atoms with E-state index in [0.717, 1.165) is 6.16 Å². The fraction of sp³-hybridized carbons (Fsp3) is 0.273. The average Bonchev–Trinajstić information content (AvgIpc) is 3.72. The van der Waals surface area contributed by atoms with Gasteiger partial charge in [0.1, 0.15) is 0 Å². The fourth-order valence-corrected chi connectivity index (χ4v) is 7.31. The second kappa shape index (κ2) is 19.0. The Bertz CT molecular complexity index is 1130. The Kier molecular flexibility index (Phi) is 15.8. The third-order valence-electron chi connectivity index (χ3n) is 6.82. The van der Waals surface area contributed by atoms with Crippen molar-refractivity contribution in [3.8, 4) is 0 Å². The van der Waals surface area contributed by atoms with Gasteiger partial charge in [-0.1, -0.05) is 81.4 Å². The second-order valence-corrected chi connectivity index (χ2v) is 15.3. The quantitative estimate of drug-likeness (QED) is 0.144. The van der Waals surface area contributed by atoms with E-state index in [1.165, 1.54) is 22.4 Å². The maximum atomic E-state index is 10.6. The van der Waals surface area contributed by atoms with Crippen LogP contribution in [0.2, 0.25) is 0 Å². The van der Waals surface area contributed by atoms with Gasteiger partial charge in [0.05, 0.1) is 19.7 Å². The molecule has 0 spiro atoms. The summed E-state index contributed by atoms with van der Waals surface area (Å²) in [5.74, 6) is 3.41. The first kappa shape index (κ1) is 34.9. The van der Waals surface area contributed by atoms with E-state index in [4.69, 9.17) is 19.4 Å². The molecule has 1 saturated carbocycles. The number of aliphatic hydroxyl groups excluding tert-OH is 1. The van der Waals surface area contributed by atoms with Crippen LogP contribution in [-0.2, 0) is 28.2 Å². The molecule has 5 rings (SSSR count). The van der Waals surface area contributed by atoms with Crippen LogP contribution in [0, 0.1) is 48.9 Å². The van der Waals surface area contributed by atoms with Crippen LogP contribution in [0.15, 0.2) is 97.6 Å². The Morgan fingerprint density at radius 1 is 0.786 bits per heavy atom. The molecule has 0 saturated heterocycles. The zero-order chi connectivity index (χ0) is 30.2. The molecule has 4 aromatic rings. The SMILES string of the molecule is C[C]1[CH][CH][C](C(C)C)[CH][CH]1.OCC(Cn1cccn1)(Cn1cccn1)CP(c1ccccc1)c1ccccc1.[Cl][Ru][Cl]. The first-order chi connectivity index (χ1) is 20.4. The van der Waals surface area contributed by atoms with E-state index in [1.54, 1.807) is 12.4 Å². The van der Waals surface area contributed by atoms with Crippen LogP contribution in [0.1, 0.15) is 20.8 Å². The van der Waals surface area contributed by atoms with Crippen molar-refractivity contribution in [1.29, 1.82) is 0 Å². The third kappa shape index (κ3) is 11.5. The average molecular weight is 711 g/mol. The van der Waals surface area contributed by atoms with E-state index >= 15 is 0 Å². The second-order valence-electron chi connectivity index (χ2n) is 10.4. The predicted octanol–water partition coefficient (Wildman–Crippen LogP) is 6.91. The summed E-state index contributed by atoms with van der Waals surface area (Å²) in [6.07, 6.45) is 17.0. The number of hydrogen-bond acceptors (Lipinski definition) is 3. The number of rotatable bonds is 10. The van der Waals surface area contributed by atoms with E-state index < -0.39 is 13.3 Å². The maximum absolute atomic E-state index is 10.6. The normalized spacial score (nSPS) is 14.4. The molecule has 9 heteroatoms. The van der Waals surface area contributed by atoms with Crippen molar-refractivity contribution in [3.05, 3.63) is 135 Å². The molecule has 42 heavy (non-hydrogen) atoms. The van der Waals surface area contributed by atoms with Gasteiger partial charge in [0.25, 0.3) is 0 Å². The number of benzene rings is 2. The topological polar surface area (TPSA) is 55.9 Å². The summed E-state index contributed by atoms with van der Waals surface area (Å²) in [5.41, 5.74) is -0.393. The minimum absolute atomic E-state index is 0.0607. The number of aromatic nitrogens is 4. The molecule has 1 fully saturated rings. The third-order valence-corrected chi connectivity index (χ3v) is 9.65. The molecule has 1 N–H and O–H groups in total. The molecule has 5 nitrogen and oxygen atoms in total. The Morgan fingerprint density at radius 2 is 1.24 bits per heavy atom. The van der Waals surface area contributed by atoms with E-state index in [1.807, 2.05) is 33.9 Å². The standard InChI is InChI=1S/C23H25N4OP.C10H14.2ClH.Ru/c28-19-23(17-26-15-7-13-24-26,18-27-16-8-14-25-27)20-29(21-9-3-1-4-10-21)22-11-5-2-6-12-22;1-8(2)10-6-4-9(3)5-7-10;;;/h1-16,28H,17-20H2;4-8H,1-3H3;2*1H;/q;;;;+2/p-2. The molecule has 224 valence electrons. The van der Waals surface area contributed by atoms with Gasteiger partial charge >= 0.3 is 34.5 Å². The van der Waals surface area contributed by atoms with Crippen LogP contribution in [0.5, 0.6) is 0 Å². The molecule has 0 bridgehead atoms. The molecule has 1 aliphatic rings. The summed E-state index contributed by atoms with van der Waals surface area (Å²) in [5, 5.41) is 22.1. The van der Waals surface area contributed by atoms with Gasteiger partial charge in [0, 0.05) is 30.2 Å². The van der Waals surface area contributed by atoms with Crippen molar-refractivity contribution >= 4 is 37.9 Å². The first-order valence-electron chi connectivity index (χ1n) is 13.7. The number of hydrogen-bond donors (Lipinski definition) is 1. The predicted molar refractivity (Wildman–Crippen MR) is 174 cm³/mol. The van der Waals surface area contributed by atoms with Gasteiger partial charge in [-0.15, -0.1) is 0 Å². The molecule has 2 aromatic heterocycles. The summed E-state index contributed by atoms with van der Waals surface area (Å²) in [6.45, 7) is 7.87. The number of aliphatic hydroxyl groups is 1. The van der Waals surface area contributed by atoms with Crippen LogP contribution < -0.4 is 10.6 Å². The van der Waals surface area contributed by atoms with Crippen molar-refractivity contribution < 1.29 is 20.3 Å². The molecule has 0 amide bonds. The Labute approximate surface area is 269 Å². The van der Waals surface area contributed by atoms with Gasteiger partial charge in [0.15, 0.2) is 0 Å². The van der Waals surface area contributed by atoms with Gasteiger partial charge in [-0.25, -0.2) is 0 Å². The first-order valence-corrected chi connectivity index (χ1v) is 19.7. The Morgan fingerprint density at radius 3 is 1.60 bits per heavy atom. The molecule has 0 unspecified atom stereocenters. The summed E-state index contributed by atoms with van der Waals surface area (Å²) >= 11 is -0.346. The summed E-state index contributed by atoms with van der Waals surface area (Å²) in [7, 11) is 9.06. The minimum atomic E-state index is -0.650. The van der Waals surface area contributed by atoms with Gasteiger partial charge in [-0.3, -0.25) is 9.36 Å². The summed E-state index contributed by atoms with van der Waals surface area (Å²) < 4.78 is 3.84. The molecular weight excluding hydrogens is 671 g/mol. The van der Waals surface area contributed by atoms with Crippen LogP contribution in [0.25, 0.3) is 0 Å². The summed E-state index contributed by atoms with van der Waals surface area (Å²) in [4.78, 5) is 0. The van der Waals surface area contributed by atoms with Gasteiger partial charge < -0.3 is 5.11 Å². The molecule has 0 atom stereocenters. The van der Waals surface area contributed by atoms with Crippen molar-refractivity contribution in [1.82, 2.24) is 19.6 Å². The van der Waals surface area contributed by atoms with E-state index in [0.29, 0.717) is 19.0 Å². The zero-order valence-electron chi connectivity index (χ0n) is 24.2. The molecule has 6 radical (unpaired) electrons. The molecule has 2 aromatic carbocycles. The van der Waals surface area contributed by atoms with Gasteiger partial charge in [0.2, 0.25) is 0 Å². The van der Waals surface area contributed by atoms with Crippen molar-refractivity contribution in [2.75, 3.05) is 12.8 Å². The van der Waals surface area contributed by atoms with E-state index in [9.17, 15) is 5.11 Å². The van der Waals surface area contributed by atoms with Crippen LogP contribution in [-0.4, -0.2) is 37.4 Å². The zero-order valence-corrected chi connectivity index (χ0v) is 28.4.